The zero-order valence-electron chi connectivity index (χ0n) is 15.3. The Balaban J connectivity index is 1.68. The number of nitrogens with one attached hydrogen (secondary N) is 1. The molecule has 3 nitrogen and oxygen atoms in total. The third-order valence-corrected chi connectivity index (χ3v) is 4.94. The summed E-state index contributed by atoms with van der Waals surface area (Å²) in [5.74, 6) is -1.08. The van der Waals surface area contributed by atoms with Gasteiger partial charge in [-0.15, -0.1) is 0 Å². The highest BCUT2D eigenvalue weighted by atomic mass is 19.4. The molecule has 3 atom stereocenters. The number of aliphatic hydroxyl groups is 1. The molecule has 0 aliphatic carbocycles. The number of hydrogen-bond donors (Lipinski definition) is 2. The molecule has 0 bridgehead atoms. The SMILES string of the molecule is Cc1c(F)cc([C@@H](C)NC(O)C2CCc3cc(C(F)(F)F)ccc3O2)cc1F. The summed E-state index contributed by atoms with van der Waals surface area (Å²) in [6.45, 7) is 2.97. The molecule has 0 spiro atoms. The van der Waals surface area contributed by atoms with Gasteiger partial charge in [-0.3, -0.25) is 5.32 Å². The third kappa shape index (κ3) is 4.28. The molecule has 0 radical (unpaired) electrons. The summed E-state index contributed by atoms with van der Waals surface area (Å²) in [7, 11) is 0. The smallest absolute Gasteiger partial charge is 0.416 e. The van der Waals surface area contributed by atoms with Crippen molar-refractivity contribution in [3.8, 4) is 5.75 Å². The molecule has 28 heavy (non-hydrogen) atoms. The maximum absolute atomic E-state index is 13.7. The molecule has 1 aliphatic rings. The molecule has 1 heterocycles. The Morgan fingerprint density at radius 2 is 1.79 bits per heavy atom. The third-order valence-electron chi connectivity index (χ3n) is 4.94. The van der Waals surface area contributed by atoms with E-state index < -0.39 is 41.7 Å². The molecule has 2 aromatic rings. The summed E-state index contributed by atoms with van der Waals surface area (Å²) >= 11 is 0. The summed E-state index contributed by atoms with van der Waals surface area (Å²) in [4.78, 5) is 0. The van der Waals surface area contributed by atoms with Crippen molar-refractivity contribution in [2.24, 2.45) is 0 Å². The minimum atomic E-state index is -4.43. The predicted molar refractivity (Wildman–Crippen MR) is 92.8 cm³/mol. The molecule has 2 unspecified atom stereocenters. The molecule has 8 heteroatoms. The van der Waals surface area contributed by atoms with E-state index >= 15 is 0 Å². The Kier molecular flexibility index (Phi) is 5.63. The lowest BCUT2D eigenvalue weighted by atomic mass is 9.98. The lowest BCUT2D eigenvalue weighted by molar-refractivity contribution is -0.137. The van der Waals surface area contributed by atoms with Crippen molar-refractivity contribution in [3.05, 3.63) is 64.2 Å². The standard InChI is InChI=1S/C20H20F5NO2/c1-10-15(21)8-13(9-16(10)22)11(2)26-19(27)18-5-3-12-7-14(20(23,24)25)4-6-17(12)28-18/h4,6-9,11,18-19,26-27H,3,5H2,1-2H3/t11-,18?,19?/m1/s1. The van der Waals surface area contributed by atoms with Gasteiger partial charge in [0.2, 0.25) is 0 Å². The number of ether oxygens (including phenoxy) is 1. The van der Waals surface area contributed by atoms with Gasteiger partial charge in [0.25, 0.3) is 0 Å². The van der Waals surface area contributed by atoms with Gasteiger partial charge in [-0.2, -0.15) is 13.2 Å². The van der Waals surface area contributed by atoms with E-state index in [-0.39, 0.29) is 11.3 Å². The molecular formula is C20H20F5NO2. The van der Waals surface area contributed by atoms with Gasteiger partial charge in [0.1, 0.15) is 29.7 Å². The molecule has 2 aromatic carbocycles. The predicted octanol–water partition coefficient (Wildman–Crippen LogP) is 4.65. The largest absolute Gasteiger partial charge is 0.486 e. The van der Waals surface area contributed by atoms with Crippen LogP contribution < -0.4 is 10.1 Å². The second kappa shape index (κ2) is 7.67. The summed E-state index contributed by atoms with van der Waals surface area (Å²) < 4.78 is 71.5. The van der Waals surface area contributed by atoms with Gasteiger partial charge in [-0.1, -0.05) is 0 Å². The van der Waals surface area contributed by atoms with E-state index in [1.807, 2.05) is 0 Å². The number of aliphatic hydroxyl groups excluding tert-OH is 1. The fourth-order valence-electron chi connectivity index (χ4n) is 3.18. The molecule has 0 aromatic heterocycles. The maximum Gasteiger partial charge on any atom is 0.416 e. The van der Waals surface area contributed by atoms with Gasteiger partial charge in [0.15, 0.2) is 0 Å². The quantitative estimate of drug-likeness (QED) is 0.579. The van der Waals surface area contributed by atoms with Crippen LogP contribution in [0.5, 0.6) is 5.75 Å². The molecule has 3 rings (SSSR count). The average Bonchev–Trinajstić information content (AvgIpc) is 2.63. The average molecular weight is 401 g/mol. The highest BCUT2D eigenvalue weighted by Crippen LogP contribution is 2.35. The first-order valence-corrected chi connectivity index (χ1v) is 8.82. The molecule has 0 saturated carbocycles. The number of aryl methyl sites for hydroxylation is 1. The number of alkyl halides is 3. The van der Waals surface area contributed by atoms with Crippen molar-refractivity contribution in [2.45, 2.75) is 51.2 Å². The normalized spacial score (nSPS) is 18.9. The van der Waals surface area contributed by atoms with Crippen LogP contribution in [0.25, 0.3) is 0 Å². The van der Waals surface area contributed by atoms with E-state index in [9.17, 15) is 27.1 Å². The Hall–Kier alpha value is -2.19. The monoisotopic (exact) mass is 401 g/mol. The van der Waals surface area contributed by atoms with E-state index in [0.29, 0.717) is 24.0 Å². The summed E-state index contributed by atoms with van der Waals surface area (Å²) in [6, 6.07) is 5.03. The molecule has 1 aliphatic heterocycles. The van der Waals surface area contributed by atoms with Crippen LogP contribution >= 0.6 is 0 Å². The fourth-order valence-corrected chi connectivity index (χ4v) is 3.18. The number of rotatable bonds is 4. The lowest BCUT2D eigenvalue weighted by Gasteiger charge is -2.32. The topological polar surface area (TPSA) is 41.5 Å². The van der Waals surface area contributed by atoms with Gasteiger partial charge in [-0.25, -0.2) is 8.78 Å². The van der Waals surface area contributed by atoms with Gasteiger partial charge in [0, 0.05) is 11.6 Å². The van der Waals surface area contributed by atoms with Gasteiger partial charge >= 0.3 is 6.18 Å². The van der Waals surface area contributed by atoms with E-state index in [4.69, 9.17) is 4.74 Å². The minimum absolute atomic E-state index is 0.0815. The summed E-state index contributed by atoms with van der Waals surface area (Å²) in [5.41, 5.74) is -0.0781. The number of benzene rings is 2. The summed E-state index contributed by atoms with van der Waals surface area (Å²) in [5, 5.41) is 13.2. The van der Waals surface area contributed by atoms with Crippen LogP contribution in [-0.4, -0.2) is 17.4 Å². The first-order valence-electron chi connectivity index (χ1n) is 8.82. The van der Waals surface area contributed by atoms with Crippen molar-refractivity contribution in [3.63, 3.8) is 0 Å². The highest BCUT2D eigenvalue weighted by Gasteiger charge is 2.33. The van der Waals surface area contributed by atoms with Gasteiger partial charge < -0.3 is 9.84 Å². The number of halogens is 5. The Labute approximate surface area is 159 Å². The van der Waals surface area contributed by atoms with Crippen molar-refractivity contribution in [1.29, 1.82) is 0 Å². The lowest BCUT2D eigenvalue weighted by Crippen LogP contribution is -2.45. The minimum Gasteiger partial charge on any atom is -0.486 e. The van der Waals surface area contributed by atoms with Gasteiger partial charge in [-0.05, 0) is 68.1 Å². The first kappa shape index (κ1) is 20.5. The van der Waals surface area contributed by atoms with Crippen LogP contribution in [0.1, 0.15) is 41.6 Å². The Morgan fingerprint density at radius 1 is 1.14 bits per heavy atom. The Morgan fingerprint density at radius 3 is 2.39 bits per heavy atom. The molecular weight excluding hydrogens is 381 g/mol. The van der Waals surface area contributed by atoms with Crippen molar-refractivity contribution >= 4 is 0 Å². The van der Waals surface area contributed by atoms with Crippen molar-refractivity contribution in [1.82, 2.24) is 5.32 Å². The molecule has 2 N–H and O–H groups in total. The second-order valence-electron chi connectivity index (χ2n) is 6.96. The van der Waals surface area contributed by atoms with Crippen LogP contribution in [0.4, 0.5) is 22.0 Å². The fraction of sp³-hybridized carbons (Fsp3) is 0.400. The van der Waals surface area contributed by atoms with Crippen LogP contribution in [0.2, 0.25) is 0 Å². The van der Waals surface area contributed by atoms with Crippen LogP contribution in [0, 0.1) is 18.6 Å². The molecule has 0 fully saturated rings. The molecule has 152 valence electrons. The van der Waals surface area contributed by atoms with E-state index in [1.54, 1.807) is 6.92 Å². The molecule has 0 saturated heterocycles. The first-order chi connectivity index (χ1) is 13.1. The van der Waals surface area contributed by atoms with Gasteiger partial charge in [0.05, 0.1) is 5.56 Å². The van der Waals surface area contributed by atoms with E-state index in [2.05, 4.69) is 5.32 Å². The van der Waals surface area contributed by atoms with Crippen molar-refractivity contribution < 1.29 is 31.8 Å². The molecule has 0 amide bonds. The number of fused-ring (bicyclic) bond motifs is 1. The second-order valence-corrected chi connectivity index (χ2v) is 6.96. The Bertz CT molecular complexity index is 845. The van der Waals surface area contributed by atoms with Crippen LogP contribution in [-0.2, 0) is 12.6 Å². The van der Waals surface area contributed by atoms with E-state index in [1.165, 1.54) is 25.1 Å². The summed E-state index contributed by atoms with van der Waals surface area (Å²) in [6.07, 6.45) is -5.69. The number of hydrogen-bond acceptors (Lipinski definition) is 3. The van der Waals surface area contributed by atoms with Crippen molar-refractivity contribution in [2.75, 3.05) is 0 Å². The van der Waals surface area contributed by atoms with Crippen LogP contribution in [0.3, 0.4) is 0 Å². The van der Waals surface area contributed by atoms with Crippen LogP contribution in [0.15, 0.2) is 30.3 Å². The van der Waals surface area contributed by atoms with E-state index in [0.717, 1.165) is 12.1 Å². The maximum atomic E-state index is 13.7. The zero-order valence-corrected chi connectivity index (χ0v) is 15.3. The zero-order chi connectivity index (χ0) is 20.6. The highest BCUT2D eigenvalue weighted by molar-refractivity contribution is 5.40.